The summed E-state index contributed by atoms with van der Waals surface area (Å²) in [6, 6.07) is 2.58. The van der Waals surface area contributed by atoms with E-state index in [1.54, 1.807) is 4.72 Å². The number of benzene rings is 1. The molecule has 2 saturated heterocycles. The zero-order chi connectivity index (χ0) is 17.3. The van der Waals surface area contributed by atoms with Gasteiger partial charge in [-0.1, -0.05) is 0 Å². The van der Waals surface area contributed by atoms with Gasteiger partial charge in [0.1, 0.15) is 18.0 Å². The van der Waals surface area contributed by atoms with E-state index in [1.807, 2.05) is 0 Å². The predicted octanol–water partition coefficient (Wildman–Crippen LogP) is -0.0191. The summed E-state index contributed by atoms with van der Waals surface area (Å²) in [7, 11) is -4.17. The lowest BCUT2D eigenvalue weighted by Gasteiger charge is -2.23. The molecule has 2 fully saturated rings. The lowest BCUT2D eigenvalue weighted by molar-refractivity contribution is -0.117. The molecular formula is C14H18FN3O5S. The zero-order valence-electron chi connectivity index (χ0n) is 12.8. The number of amides is 1. The second kappa shape index (κ2) is 6.54. The van der Waals surface area contributed by atoms with Crippen molar-refractivity contribution in [3.8, 4) is 5.75 Å². The van der Waals surface area contributed by atoms with Gasteiger partial charge in [0, 0.05) is 19.2 Å². The number of hydrogen-bond acceptors (Lipinski definition) is 6. The predicted molar refractivity (Wildman–Crippen MR) is 83.2 cm³/mol. The first-order valence-electron chi connectivity index (χ1n) is 7.52. The average molecular weight is 359 g/mol. The van der Waals surface area contributed by atoms with Crippen molar-refractivity contribution < 1.29 is 27.4 Å². The third kappa shape index (κ3) is 3.45. The van der Waals surface area contributed by atoms with Crippen LogP contribution in [0.5, 0.6) is 5.75 Å². The second-order valence-electron chi connectivity index (χ2n) is 5.78. The van der Waals surface area contributed by atoms with Gasteiger partial charge in [-0.25, -0.2) is 13.4 Å². The van der Waals surface area contributed by atoms with Gasteiger partial charge in [-0.05, 0) is 30.5 Å². The van der Waals surface area contributed by atoms with E-state index >= 15 is 0 Å². The Kier molecular flexibility index (Phi) is 4.61. The first-order chi connectivity index (χ1) is 11.4. The minimum absolute atomic E-state index is 0.157. The van der Waals surface area contributed by atoms with Crippen LogP contribution in [0.3, 0.4) is 0 Å². The first-order valence-corrected chi connectivity index (χ1v) is 8.96. The SMILES string of the molecule is O=C1CN(c2c(O)cc(CNC3CCCOC3)cc2F)S(=O)(=O)N1. The number of nitrogens with zero attached hydrogens (tertiary/aromatic N) is 1. The lowest BCUT2D eigenvalue weighted by Crippen LogP contribution is -2.36. The molecule has 0 spiro atoms. The van der Waals surface area contributed by atoms with E-state index in [0.29, 0.717) is 23.0 Å². The normalized spacial score (nSPS) is 23.3. The van der Waals surface area contributed by atoms with E-state index in [1.165, 1.54) is 6.07 Å². The van der Waals surface area contributed by atoms with Crippen molar-refractivity contribution in [1.29, 1.82) is 0 Å². The maximum absolute atomic E-state index is 14.3. The fraction of sp³-hybridized carbons (Fsp3) is 0.500. The molecule has 1 aromatic carbocycles. The molecule has 24 heavy (non-hydrogen) atoms. The van der Waals surface area contributed by atoms with Crippen molar-refractivity contribution >= 4 is 21.8 Å². The maximum Gasteiger partial charge on any atom is 0.326 e. The maximum atomic E-state index is 14.3. The number of phenols is 1. The van der Waals surface area contributed by atoms with Crippen LogP contribution < -0.4 is 14.3 Å². The molecule has 0 saturated carbocycles. The van der Waals surface area contributed by atoms with Gasteiger partial charge in [0.15, 0.2) is 5.82 Å². The molecule has 3 N–H and O–H groups in total. The van der Waals surface area contributed by atoms with Crippen molar-refractivity contribution in [3.05, 3.63) is 23.5 Å². The van der Waals surface area contributed by atoms with E-state index in [2.05, 4.69) is 5.32 Å². The van der Waals surface area contributed by atoms with Crippen molar-refractivity contribution in [2.75, 3.05) is 24.1 Å². The number of carbonyl (C=O) groups excluding carboxylic acids is 1. The molecule has 1 amide bonds. The molecule has 2 heterocycles. The summed E-state index contributed by atoms with van der Waals surface area (Å²) in [4.78, 5) is 11.3. The van der Waals surface area contributed by atoms with Crippen LogP contribution in [0, 0.1) is 5.82 Å². The summed E-state index contributed by atoms with van der Waals surface area (Å²) in [6.45, 7) is 1.05. The van der Waals surface area contributed by atoms with Crippen molar-refractivity contribution in [1.82, 2.24) is 10.0 Å². The molecule has 1 unspecified atom stereocenters. The first kappa shape index (κ1) is 16.9. The summed E-state index contributed by atoms with van der Waals surface area (Å²) in [5.74, 6) is -2.23. The van der Waals surface area contributed by atoms with E-state index < -0.39 is 39.9 Å². The van der Waals surface area contributed by atoms with Gasteiger partial charge in [-0.3, -0.25) is 4.79 Å². The average Bonchev–Trinajstić information content (AvgIpc) is 2.78. The summed E-state index contributed by atoms with van der Waals surface area (Å²) >= 11 is 0. The number of anilines is 1. The lowest BCUT2D eigenvalue weighted by atomic mass is 10.1. The fourth-order valence-corrected chi connectivity index (χ4v) is 3.97. The second-order valence-corrected chi connectivity index (χ2v) is 7.37. The molecule has 132 valence electrons. The number of rotatable bonds is 4. The van der Waals surface area contributed by atoms with Gasteiger partial charge in [0.2, 0.25) is 0 Å². The Bertz CT molecular complexity index is 726. The molecule has 1 aromatic rings. The van der Waals surface area contributed by atoms with Crippen LogP contribution in [-0.4, -0.2) is 45.2 Å². The monoisotopic (exact) mass is 359 g/mol. The molecule has 0 aliphatic carbocycles. The number of nitrogens with one attached hydrogen (secondary N) is 2. The highest BCUT2D eigenvalue weighted by Crippen LogP contribution is 2.34. The number of aromatic hydroxyl groups is 1. The summed E-state index contributed by atoms with van der Waals surface area (Å²) < 4.78 is 45.5. The van der Waals surface area contributed by atoms with Crippen molar-refractivity contribution in [3.63, 3.8) is 0 Å². The van der Waals surface area contributed by atoms with Crippen molar-refractivity contribution in [2.45, 2.75) is 25.4 Å². The minimum atomic E-state index is -4.17. The van der Waals surface area contributed by atoms with Gasteiger partial charge in [-0.2, -0.15) is 8.42 Å². The molecule has 2 aliphatic heterocycles. The standard InChI is InChI=1S/C14H18FN3O5S/c15-11-4-9(6-16-10-2-1-3-23-8-10)5-12(19)14(11)18-7-13(20)17-24(18,21)22/h4-5,10,16,19H,1-3,6-8H2,(H,17,20). The van der Waals surface area contributed by atoms with Crippen molar-refractivity contribution in [2.24, 2.45) is 0 Å². The third-order valence-corrected chi connectivity index (χ3v) is 5.31. The van der Waals surface area contributed by atoms with E-state index in [0.717, 1.165) is 25.5 Å². The van der Waals surface area contributed by atoms with Gasteiger partial charge in [0.25, 0.3) is 5.91 Å². The molecule has 0 bridgehead atoms. The minimum Gasteiger partial charge on any atom is -0.506 e. The Morgan fingerprint density at radius 1 is 1.46 bits per heavy atom. The summed E-state index contributed by atoms with van der Waals surface area (Å²) in [5.41, 5.74) is -0.0618. The van der Waals surface area contributed by atoms with Crippen LogP contribution in [0.15, 0.2) is 12.1 Å². The third-order valence-electron chi connectivity index (χ3n) is 3.93. The number of halogens is 1. The molecule has 1 atom stereocenters. The Balaban J connectivity index is 1.77. The smallest absolute Gasteiger partial charge is 0.326 e. The van der Waals surface area contributed by atoms with Gasteiger partial charge < -0.3 is 15.2 Å². The number of ether oxygens (including phenoxy) is 1. The Morgan fingerprint density at radius 2 is 2.25 bits per heavy atom. The van der Waals surface area contributed by atoms with E-state index in [-0.39, 0.29) is 6.04 Å². The zero-order valence-corrected chi connectivity index (χ0v) is 13.6. The molecule has 0 aromatic heterocycles. The van der Waals surface area contributed by atoms with Crippen LogP contribution in [0.2, 0.25) is 0 Å². The fourth-order valence-electron chi connectivity index (χ4n) is 2.80. The van der Waals surface area contributed by atoms with Crippen LogP contribution in [0.1, 0.15) is 18.4 Å². The summed E-state index contributed by atoms with van der Waals surface area (Å²) in [6.07, 6.45) is 1.90. The van der Waals surface area contributed by atoms with E-state index in [9.17, 15) is 22.7 Å². The Labute approximate surface area is 138 Å². The summed E-state index contributed by atoms with van der Waals surface area (Å²) in [5, 5.41) is 13.3. The van der Waals surface area contributed by atoms with Crippen LogP contribution in [0.4, 0.5) is 10.1 Å². The molecule has 10 heteroatoms. The van der Waals surface area contributed by atoms with Gasteiger partial charge >= 0.3 is 10.2 Å². The van der Waals surface area contributed by atoms with Gasteiger partial charge in [0.05, 0.1) is 6.61 Å². The molecular weight excluding hydrogens is 341 g/mol. The van der Waals surface area contributed by atoms with E-state index in [4.69, 9.17) is 4.74 Å². The molecule has 3 rings (SSSR count). The Morgan fingerprint density at radius 3 is 2.83 bits per heavy atom. The largest absolute Gasteiger partial charge is 0.506 e. The number of phenolic OH excluding ortho intramolecular Hbond substituents is 1. The Hall–Kier alpha value is -1.91. The van der Waals surface area contributed by atoms with Crippen LogP contribution in [0.25, 0.3) is 0 Å². The molecule has 8 nitrogen and oxygen atoms in total. The number of carbonyl (C=O) groups is 1. The highest BCUT2D eigenvalue weighted by Gasteiger charge is 2.37. The van der Waals surface area contributed by atoms with Gasteiger partial charge in [-0.15, -0.1) is 0 Å². The molecule has 0 radical (unpaired) electrons. The highest BCUT2D eigenvalue weighted by molar-refractivity contribution is 7.92. The quantitative estimate of drug-likeness (QED) is 0.697. The number of hydrogen-bond donors (Lipinski definition) is 3. The van der Waals surface area contributed by atoms with Crippen LogP contribution >= 0.6 is 0 Å². The highest BCUT2D eigenvalue weighted by atomic mass is 32.2. The topological polar surface area (TPSA) is 108 Å². The van der Waals surface area contributed by atoms with Crippen LogP contribution in [-0.2, 0) is 26.3 Å². The molecule has 2 aliphatic rings.